The molecule has 2 fully saturated rings. The predicted molar refractivity (Wildman–Crippen MR) is 126 cm³/mol. The summed E-state index contributed by atoms with van der Waals surface area (Å²) in [5.41, 5.74) is 2.16. The quantitative estimate of drug-likeness (QED) is 0.467. The first-order valence-corrected chi connectivity index (χ1v) is 11.8. The Morgan fingerprint density at radius 1 is 1.00 bits per heavy atom. The summed E-state index contributed by atoms with van der Waals surface area (Å²) in [6.07, 6.45) is 9.03. The van der Waals surface area contributed by atoms with Gasteiger partial charge in [-0.3, -0.25) is 4.79 Å². The number of nitrogens with one attached hydrogen (secondary N) is 1. The van der Waals surface area contributed by atoms with Gasteiger partial charge < -0.3 is 19.5 Å². The highest BCUT2D eigenvalue weighted by Crippen LogP contribution is 2.40. The summed E-state index contributed by atoms with van der Waals surface area (Å²) < 4.78 is 17.3. The van der Waals surface area contributed by atoms with E-state index in [2.05, 4.69) is 52.1 Å². The summed E-state index contributed by atoms with van der Waals surface area (Å²) in [7, 11) is 1.70. The highest BCUT2D eigenvalue weighted by atomic mass is 16.7. The molecule has 31 heavy (non-hydrogen) atoms. The van der Waals surface area contributed by atoms with Crippen LogP contribution in [-0.2, 0) is 20.6 Å². The zero-order valence-corrected chi connectivity index (χ0v) is 20.5. The van der Waals surface area contributed by atoms with Crippen LogP contribution in [0.2, 0.25) is 0 Å². The summed E-state index contributed by atoms with van der Waals surface area (Å²) >= 11 is 0. The number of carbonyl (C=O) groups excluding carboxylic acids is 1. The molecule has 176 valence electrons. The van der Waals surface area contributed by atoms with Crippen LogP contribution in [0.15, 0.2) is 24.3 Å². The Bertz CT molecular complexity index is 642. The van der Waals surface area contributed by atoms with Crippen molar-refractivity contribution in [2.45, 2.75) is 103 Å². The van der Waals surface area contributed by atoms with E-state index in [1.807, 2.05) is 12.1 Å². The van der Waals surface area contributed by atoms with E-state index < -0.39 is 5.79 Å². The molecular weight excluding hydrogens is 390 g/mol. The molecule has 3 rings (SSSR count). The fraction of sp³-hybridized carbons (Fsp3) is 0.731. The van der Waals surface area contributed by atoms with E-state index in [4.69, 9.17) is 14.2 Å². The summed E-state index contributed by atoms with van der Waals surface area (Å²) in [4.78, 5) is 10.4. The zero-order valence-electron chi connectivity index (χ0n) is 20.5. The standard InChI is InChI=1S/C13H25NO3.C13H18O/c1-11(2)8-13(9-12(3,4)14-11)16-6-10(15-5)7-17-13;1-2-3-4-5-6-12-7-9-13(11-14)10-8-12/h10,14H,6-9H2,1-5H3;7-11H,2-6H2,1H3. The summed E-state index contributed by atoms with van der Waals surface area (Å²) in [5, 5.41) is 3.64. The number of rotatable bonds is 7. The third-order valence-corrected chi connectivity index (χ3v) is 5.93. The lowest BCUT2D eigenvalue weighted by atomic mass is 9.78. The molecule has 1 aromatic rings. The molecule has 5 nitrogen and oxygen atoms in total. The molecule has 2 saturated heterocycles. The second kappa shape index (κ2) is 11.6. The lowest BCUT2D eigenvalue weighted by molar-refractivity contribution is -0.320. The highest BCUT2D eigenvalue weighted by Gasteiger charge is 2.50. The number of methoxy groups -OCH3 is 1. The van der Waals surface area contributed by atoms with Crippen LogP contribution in [0, 0.1) is 0 Å². The first kappa shape index (κ1) is 26.0. The van der Waals surface area contributed by atoms with Crippen LogP contribution in [0.1, 0.15) is 89.1 Å². The first-order valence-electron chi connectivity index (χ1n) is 11.8. The minimum Gasteiger partial charge on any atom is -0.377 e. The smallest absolute Gasteiger partial charge is 0.172 e. The Kier molecular flexibility index (Phi) is 9.68. The molecule has 0 radical (unpaired) electrons. The van der Waals surface area contributed by atoms with Crippen LogP contribution in [-0.4, -0.2) is 49.6 Å². The third kappa shape index (κ3) is 8.64. The lowest BCUT2D eigenvalue weighted by Gasteiger charge is -2.53. The first-order chi connectivity index (χ1) is 14.6. The van der Waals surface area contributed by atoms with Gasteiger partial charge in [-0.15, -0.1) is 0 Å². The average Bonchev–Trinajstić information content (AvgIpc) is 2.70. The van der Waals surface area contributed by atoms with Gasteiger partial charge in [-0.1, -0.05) is 50.5 Å². The maximum atomic E-state index is 10.4. The molecule has 2 aliphatic heterocycles. The third-order valence-electron chi connectivity index (χ3n) is 5.93. The lowest BCUT2D eigenvalue weighted by Crippen LogP contribution is -2.66. The van der Waals surface area contributed by atoms with Crippen molar-refractivity contribution in [3.8, 4) is 0 Å². The normalized spacial score (nSPS) is 21.9. The molecule has 0 unspecified atom stereocenters. The number of piperidine rings is 1. The molecule has 0 atom stereocenters. The second-order valence-corrected chi connectivity index (χ2v) is 10.3. The minimum atomic E-state index is -0.437. The van der Waals surface area contributed by atoms with Crippen molar-refractivity contribution in [2.24, 2.45) is 0 Å². The van der Waals surface area contributed by atoms with E-state index in [-0.39, 0.29) is 17.2 Å². The zero-order chi connectivity index (χ0) is 23.0. The largest absolute Gasteiger partial charge is 0.377 e. The maximum Gasteiger partial charge on any atom is 0.172 e. The number of benzene rings is 1. The Labute approximate surface area is 189 Å². The molecule has 1 aromatic carbocycles. The molecule has 0 amide bonds. The topological polar surface area (TPSA) is 56.8 Å². The maximum absolute atomic E-state index is 10.4. The van der Waals surface area contributed by atoms with Crippen LogP contribution >= 0.6 is 0 Å². The highest BCUT2D eigenvalue weighted by molar-refractivity contribution is 5.74. The SMILES string of the molecule is CCCCCCc1ccc(C=O)cc1.COC1COC2(CC(C)(C)NC(C)(C)C2)OC1. The van der Waals surface area contributed by atoms with E-state index in [0.29, 0.717) is 13.2 Å². The molecule has 5 heteroatoms. The molecular formula is C26H43NO4. The van der Waals surface area contributed by atoms with Crippen molar-refractivity contribution in [3.63, 3.8) is 0 Å². The molecule has 0 aliphatic carbocycles. The minimum absolute atomic E-state index is 0.0294. The predicted octanol–water partition coefficient (Wildman–Crippen LogP) is 5.31. The number of ether oxygens (including phenoxy) is 3. The van der Waals surface area contributed by atoms with Crippen molar-refractivity contribution in [3.05, 3.63) is 35.4 Å². The Morgan fingerprint density at radius 2 is 1.58 bits per heavy atom. The van der Waals surface area contributed by atoms with Gasteiger partial charge in [0, 0.05) is 36.6 Å². The molecule has 2 heterocycles. The summed E-state index contributed by atoms with van der Waals surface area (Å²) in [5.74, 6) is -0.437. The van der Waals surface area contributed by atoms with Crippen LogP contribution in [0.4, 0.5) is 0 Å². The molecule has 0 aromatic heterocycles. The van der Waals surface area contributed by atoms with Crippen molar-refractivity contribution in [2.75, 3.05) is 20.3 Å². The number of hydrogen-bond acceptors (Lipinski definition) is 5. The van der Waals surface area contributed by atoms with E-state index in [1.54, 1.807) is 7.11 Å². The monoisotopic (exact) mass is 433 g/mol. The van der Waals surface area contributed by atoms with Gasteiger partial charge in [0.05, 0.1) is 13.2 Å². The van der Waals surface area contributed by atoms with E-state index in [0.717, 1.165) is 31.1 Å². The Morgan fingerprint density at radius 3 is 2.06 bits per heavy atom. The van der Waals surface area contributed by atoms with Gasteiger partial charge in [-0.25, -0.2) is 0 Å². The summed E-state index contributed by atoms with van der Waals surface area (Å²) in [6.45, 7) is 12.3. The van der Waals surface area contributed by atoms with Crippen LogP contribution in [0.25, 0.3) is 0 Å². The van der Waals surface area contributed by atoms with Crippen molar-refractivity contribution < 1.29 is 19.0 Å². The van der Waals surface area contributed by atoms with Crippen molar-refractivity contribution in [1.82, 2.24) is 5.32 Å². The van der Waals surface area contributed by atoms with Gasteiger partial charge in [-0.2, -0.15) is 0 Å². The number of aldehydes is 1. The van der Waals surface area contributed by atoms with Crippen molar-refractivity contribution >= 4 is 6.29 Å². The van der Waals surface area contributed by atoms with Gasteiger partial charge in [0.25, 0.3) is 0 Å². The fourth-order valence-electron chi connectivity index (χ4n) is 4.85. The van der Waals surface area contributed by atoms with Crippen LogP contribution < -0.4 is 5.32 Å². The van der Waals surface area contributed by atoms with Gasteiger partial charge in [0.2, 0.25) is 0 Å². The van der Waals surface area contributed by atoms with Crippen molar-refractivity contribution in [1.29, 1.82) is 0 Å². The van der Waals surface area contributed by atoms with Crippen LogP contribution in [0.3, 0.4) is 0 Å². The molecule has 2 aliphatic rings. The molecule has 0 bridgehead atoms. The van der Waals surface area contributed by atoms with E-state index in [1.165, 1.54) is 31.2 Å². The average molecular weight is 434 g/mol. The number of unbranched alkanes of at least 4 members (excludes halogenated alkanes) is 3. The molecule has 0 saturated carbocycles. The summed E-state index contributed by atoms with van der Waals surface area (Å²) in [6, 6.07) is 7.88. The number of aryl methyl sites for hydroxylation is 1. The molecule has 1 N–H and O–H groups in total. The van der Waals surface area contributed by atoms with Gasteiger partial charge in [0.15, 0.2) is 5.79 Å². The fourth-order valence-corrected chi connectivity index (χ4v) is 4.85. The number of hydrogen-bond donors (Lipinski definition) is 1. The Hall–Kier alpha value is -1.27. The molecule has 1 spiro atoms. The number of carbonyl (C=O) groups is 1. The van der Waals surface area contributed by atoms with Gasteiger partial charge in [0.1, 0.15) is 12.4 Å². The second-order valence-electron chi connectivity index (χ2n) is 10.3. The van der Waals surface area contributed by atoms with E-state index >= 15 is 0 Å². The van der Waals surface area contributed by atoms with E-state index in [9.17, 15) is 4.79 Å². The van der Waals surface area contributed by atoms with Gasteiger partial charge in [-0.05, 0) is 46.1 Å². The van der Waals surface area contributed by atoms with Gasteiger partial charge >= 0.3 is 0 Å². The van der Waals surface area contributed by atoms with Crippen LogP contribution in [0.5, 0.6) is 0 Å². The Balaban J connectivity index is 0.000000225.